The molecule has 3 aromatic rings. The van der Waals surface area contributed by atoms with Crippen LogP contribution in [0.25, 0.3) is 10.8 Å². The molecule has 2 aliphatic heterocycles. The summed E-state index contributed by atoms with van der Waals surface area (Å²) >= 11 is 3.44. The van der Waals surface area contributed by atoms with Crippen LogP contribution < -0.4 is 5.32 Å². The van der Waals surface area contributed by atoms with Gasteiger partial charge < -0.3 is 10.2 Å². The lowest BCUT2D eigenvalue weighted by molar-refractivity contribution is 0.0698. The first-order valence-electron chi connectivity index (χ1n) is 11.3. The summed E-state index contributed by atoms with van der Waals surface area (Å²) < 4.78 is 28.9. The zero-order valence-corrected chi connectivity index (χ0v) is 21.0. The fourth-order valence-corrected chi connectivity index (χ4v) is 6.15. The summed E-state index contributed by atoms with van der Waals surface area (Å²) in [7, 11) is -3.63. The Morgan fingerprint density at radius 3 is 2.32 bits per heavy atom. The van der Waals surface area contributed by atoms with Crippen LogP contribution in [0.5, 0.6) is 0 Å². The number of sulfonamides is 1. The van der Waals surface area contributed by atoms with Crippen molar-refractivity contribution in [1.29, 1.82) is 0 Å². The van der Waals surface area contributed by atoms with Crippen LogP contribution in [0, 0.1) is 0 Å². The second kappa shape index (κ2) is 9.48. The highest BCUT2D eigenvalue weighted by Gasteiger charge is 2.30. The zero-order chi connectivity index (χ0) is 23.7. The fourth-order valence-electron chi connectivity index (χ4n) is 4.31. The minimum Gasteiger partial charge on any atom is -0.370 e. The lowest BCUT2D eigenvalue weighted by atomic mass is 10.1. The van der Waals surface area contributed by atoms with Crippen LogP contribution in [0.1, 0.15) is 22.3 Å². The van der Waals surface area contributed by atoms with Crippen molar-refractivity contribution in [3.05, 3.63) is 76.3 Å². The molecular formula is C25H25BrN4O3S. The molecule has 34 heavy (non-hydrogen) atoms. The molecule has 9 heteroatoms. The molecule has 0 saturated carbocycles. The van der Waals surface area contributed by atoms with E-state index in [-0.39, 0.29) is 23.9 Å². The van der Waals surface area contributed by atoms with Crippen molar-refractivity contribution in [2.75, 3.05) is 39.3 Å². The van der Waals surface area contributed by atoms with E-state index in [9.17, 15) is 13.2 Å². The van der Waals surface area contributed by atoms with Crippen molar-refractivity contribution >= 4 is 48.5 Å². The molecule has 0 bridgehead atoms. The first-order chi connectivity index (χ1) is 16.4. The Bertz CT molecular complexity index is 1360. The van der Waals surface area contributed by atoms with Gasteiger partial charge in [0.2, 0.25) is 10.0 Å². The van der Waals surface area contributed by atoms with E-state index in [0.717, 1.165) is 46.2 Å². The molecule has 7 nitrogen and oxygen atoms in total. The number of nitrogens with one attached hydrogen (secondary N) is 1. The highest BCUT2D eigenvalue weighted by atomic mass is 79.9. The van der Waals surface area contributed by atoms with Gasteiger partial charge in [0.25, 0.3) is 5.91 Å². The van der Waals surface area contributed by atoms with E-state index in [4.69, 9.17) is 0 Å². The number of hydrogen-bond donors (Lipinski definition) is 1. The van der Waals surface area contributed by atoms with Crippen molar-refractivity contribution in [2.45, 2.75) is 11.3 Å². The lowest BCUT2D eigenvalue weighted by Gasteiger charge is -2.34. The molecule has 2 aliphatic rings. The number of fused-ring (bicyclic) bond motifs is 1. The van der Waals surface area contributed by atoms with Crippen LogP contribution >= 0.6 is 15.9 Å². The maximum absolute atomic E-state index is 13.2. The summed E-state index contributed by atoms with van der Waals surface area (Å²) in [5.41, 5.74) is 1.56. The third-order valence-corrected chi connectivity index (χ3v) is 8.63. The van der Waals surface area contributed by atoms with E-state index < -0.39 is 10.0 Å². The standard InChI is InChI=1S/C25H25BrN4O3S/c26-22-8-6-21-17-23(9-7-20(21)16-22)34(32,33)30-14-12-29(13-15-30)25(31)19-4-2-18(3-5-19)24-27-10-1-11-28-24/h2-9,16-17H,1,10-15H2,(H,27,28). The molecular weight excluding hydrogens is 516 g/mol. The van der Waals surface area contributed by atoms with E-state index in [2.05, 4.69) is 26.2 Å². The first kappa shape index (κ1) is 23.0. The van der Waals surface area contributed by atoms with Gasteiger partial charge in [-0.2, -0.15) is 4.31 Å². The topological polar surface area (TPSA) is 82.1 Å². The second-order valence-corrected chi connectivity index (χ2v) is 11.3. The predicted octanol–water partition coefficient (Wildman–Crippen LogP) is 3.49. The number of amidine groups is 1. The molecule has 0 unspecified atom stereocenters. The second-order valence-electron chi connectivity index (χ2n) is 8.44. The van der Waals surface area contributed by atoms with Crippen molar-refractivity contribution in [3.8, 4) is 0 Å². The largest absolute Gasteiger partial charge is 0.370 e. The molecule has 0 aromatic heterocycles. The summed E-state index contributed by atoms with van der Waals surface area (Å²) in [4.78, 5) is 19.5. The molecule has 3 aromatic carbocycles. The third kappa shape index (κ3) is 4.60. The Hall–Kier alpha value is -2.75. The zero-order valence-electron chi connectivity index (χ0n) is 18.6. The van der Waals surface area contributed by atoms with Gasteiger partial charge in [-0.3, -0.25) is 9.79 Å². The molecule has 1 N–H and O–H groups in total. The Kier molecular flexibility index (Phi) is 6.42. The summed E-state index contributed by atoms with van der Waals surface area (Å²) in [5.74, 6) is 0.781. The number of piperazine rings is 1. The average molecular weight is 541 g/mol. The maximum atomic E-state index is 13.2. The molecule has 0 atom stereocenters. The maximum Gasteiger partial charge on any atom is 0.253 e. The van der Waals surface area contributed by atoms with E-state index in [1.165, 1.54) is 4.31 Å². The number of carbonyl (C=O) groups excluding carboxylic acids is 1. The van der Waals surface area contributed by atoms with Gasteiger partial charge in [-0.15, -0.1) is 0 Å². The third-order valence-electron chi connectivity index (χ3n) is 6.24. The molecule has 0 aliphatic carbocycles. The van der Waals surface area contributed by atoms with Crippen molar-refractivity contribution in [1.82, 2.24) is 14.5 Å². The number of benzene rings is 3. The summed E-state index contributed by atoms with van der Waals surface area (Å²) in [6.45, 7) is 2.97. The number of aliphatic imine (C=N–C) groups is 1. The van der Waals surface area contributed by atoms with Crippen LogP contribution in [-0.2, 0) is 10.0 Å². The highest BCUT2D eigenvalue weighted by Crippen LogP contribution is 2.25. The molecule has 1 amide bonds. The van der Waals surface area contributed by atoms with Gasteiger partial charge >= 0.3 is 0 Å². The lowest BCUT2D eigenvalue weighted by Crippen LogP contribution is -2.50. The van der Waals surface area contributed by atoms with Crippen LogP contribution in [0.4, 0.5) is 0 Å². The van der Waals surface area contributed by atoms with Crippen LogP contribution in [0.3, 0.4) is 0 Å². The molecule has 5 rings (SSSR count). The number of amides is 1. The monoisotopic (exact) mass is 540 g/mol. The number of hydrogen-bond acceptors (Lipinski definition) is 5. The SMILES string of the molecule is O=C(c1ccc(C2=NCCCN2)cc1)N1CCN(S(=O)(=O)c2ccc3cc(Br)ccc3c2)CC1. The van der Waals surface area contributed by atoms with Crippen LogP contribution in [0.15, 0.2) is 75.0 Å². The number of nitrogens with zero attached hydrogens (tertiary/aromatic N) is 3. The van der Waals surface area contributed by atoms with Gasteiger partial charge in [-0.25, -0.2) is 8.42 Å². The Morgan fingerprint density at radius 2 is 1.62 bits per heavy atom. The Labute approximate surface area is 207 Å². The van der Waals surface area contributed by atoms with Gasteiger partial charge in [-0.1, -0.05) is 40.2 Å². The molecule has 0 spiro atoms. The molecule has 1 fully saturated rings. The van der Waals surface area contributed by atoms with E-state index in [0.29, 0.717) is 18.7 Å². The molecule has 176 valence electrons. The predicted molar refractivity (Wildman–Crippen MR) is 137 cm³/mol. The van der Waals surface area contributed by atoms with Gasteiger partial charge in [0, 0.05) is 54.9 Å². The van der Waals surface area contributed by atoms with Crippen molar-refractivity contribution in [2.24, 2.45) is 4.99 Å². The van der Waals surface area contributed by atoms with E-state index >= 15 is 0 Å². The smallest absolute Gasteiger partial charge is 0.253 e. The van der Waals surface area contributed by atoms with Crippen molar-refractivity contribution < 1.29 is 13.2 Å². The Balaban J connectivity index is 1.25. The summed E-state index contributed by atoms with van der Waals surface area (Å²) in [5, 5.41) is 5.13. The number of carbonyl (C=O) groups is 1. The minimum absolute atomic E-state index is 0.0848. The fraction of sp³-hybridized carbons (Fsp3) is 0.280. The normalized spacial score (nSPS) is 17.3. The van der Waals surface area contributed by atoms with Gasteiger partial charge in [0.05, 0.1) is 4.90 Å². The minimum atomic E-state index is -3.63. The quantitative estimate of drug-likeness (QED) is 0.549. The van der Waals surface area contributed by atoms with Crippen LogP contribution in [0.2, 0.25) is 0 Å². The van der Waals surface area contributed by atoms with Gasteiger partial charge in [0.15, 0.2) is 0 Å². The van der Waals surface area contributed by atoms with Gasteiger partial charge in [-0.05, 0) is 53.6 Å². The molecule has 2 heterocycles. The number of rotatable bonds is 4. The van der Waals surface area contributed by atoms with Gasteiger partial charge in [0.1, 0.15) is 5.84 Å². The Morgan fingerprint density at radius 1 is 0.912 bits per heavy atom. The summed E-state index contributed by atoms with van der Waals surface area (Å²) in [6, 6.07) is 18.4. The first-order valence-corrected chi connectivity index (χ1v) is 13.5. The van der Waals surface area contributed by atoms with E-state index in [1.54, 1.807) is 17.0 Å². The molecule has 1 saturated heterocycles. The number of halogens is 1. The van der Waals surface area contributed by atoms with Crippen LogP contribution in [-0.4, -0.2) is 68.6 Å². The molecule has 0 radical (unpaired) electrons. The highest BCUT2D eigenvalue weighted by molar-refractivity contribution is 9.10. The van der Waals surface area contributed by atoms with Crippen molar-refractivity contribution in [3.63, 3.8) is 0 Å². The summed E-state index contributed by atoms with van der Waals surface area (Å²) in [6.07, 6.45) is 1.03. The van der Waals surface area contributed by atoms with E-state index in [1.807, 2.05) is 48.5 Å². The average Bonchev–Trinajstić information content (AvgIpc) is 2.88.